The van der Waals surface area contributed by atoms with Gasteiger partial charge in [0.05, 0.1) is 5.69 Å². The first-order chi connectivity index (χ1) is 11.1. The Balaban J connectivity index is 1.60. The number of hydrogen-bond acceptors (Lipinski definition) is 4. The van der Waals surface area contributed by atoms with Crippen molar-refractivity contribution in [2.45, 2.75) is 45.3 Å². The molecule has 4 nitrogen and oxygen atoms in total. The van der Waals surface area contributed by atoms with Crippen LogP contribution in [-0.4, -0.2) is 16.9 Å². The van der Waals surface area contributed by atoms with Crippen molar-refractivity contribution in [3.63, 3.8) is 0 Å². The lowest BCUT2D eigenvalue weighted by molar-refractivity contribution is 0.0941. The van der Waals surface area contributed by atoms with Crippen LogP contribution in [0.2, 0.25) is 0 Å². The Kier molecular flexibility index (Phi) is 4.91. The lowest BCUT2D eigenvalue weighted by Crippen LogP contribution is -2.32. The number of rotatable bonds is 5. The summed E-state index contributed by atoms with van der Waals surface area (Å²) in [7, 11) is 0. The van der Waals surface area contributed by atoms with Crippen molar-refractivity contribution < 1.29 is 13.9 Å². The Morgan fingerprint density at radius 3 is 2.74 bits per heavy atom. The van der Waals surface area contributed by atoms with Crippen LogP contribution in [0.4, 0.5) is 4.39 Å². The number of thiazole rings is 1. The van der Waals surface area contributed by atoms with E-state index in [1.807, 2.05) is 6.92 Å². The van der Waals surface area contributed by atoms with Crippen molar-refractivity contribution in [1.82, 2.24) is 10.3 Å². The number of benzene rings is 1. The zero-order valence-electron chi connectivity index (χ0n) is 13.0. The summed E-state index contributed by atoms with van der Waals surface area (Å²) >= 11 is 1.35. The van der Waals surface area contributed by atoms with E-state index in [9.17, 15) is 9.18 Å². The highest BCUT2D eigenvalue weighted by atomic mass is 32.1. The fraction of sp³-hybridized carbons (Fsp3) is 0.412. The van der Waals surface area contributed by atoms with Crippen LogP contribution in [0.15, 0.2) is 24.3 Å². The fourth-order valence-electron chi connectivity index (χ4n) is 2.72. The maximum atomic E-state index is 12.9. The number of amides is 1. The van der Waals surface area contributed by atoms with Gasteiger partial charge in [-0.3, -0.25) is 4.79 Å². The minimum Gasteiger partial charge on any atom is -0.486 e. The number of carbonyl (C=O) groups is 1. The van der Waals surface area contributed by atoms with Gasteiger partial charge >= 0.3 is 0 Å². The quantitative estimate of drug-likeness (QED) is 0.904. The van der Waals surface area contributed by atoms with Crippen LogP contribution >= 0.6 is 11.3 Å². The van der Waals surface area contributed by atoms with E-state index in [0.717, 1.165) is 23.5 Å². The Bertz CT molecular complexity index is 678. The Morgan fingerprint density at radius 2 is 2.04 bits per heavy atom. The molecule has 23 heavy (non-hydrogen) atoms. The number of aryl methyl sites for hydroxylation is 1. The van der Waals surface area contributed by atoms with Gasteiger partial charge in [0, 0.05) is 6.04 Å². The van der Waals surface area contributed by atoms with E-state index < -0.39 is 0 Å². The third-order valence-corrected chi connectivity index (χ3v) is 5.04. The second kappa shape index (κ2) is 7.08. The van der Waals surface area contributed by atoms with E-state index in [4.69, 9.17) is 4.74 Å². The molecule has 1 aliphatic rings. The third kappa shape index (κ3) is 4.07. The van der Waals surface area contributed by atoms with Gasteiger partial charge in [0.25, 0.3) is 5.91 Å². The van der Waals surface area contributed by atoms with E-state index >= 15 is 0 Å². The molecule has 0 saturated heterocycles. The molecule has 0 spiro atoms. The summed E-state index contributed by atoms with van der Waals surface area (Å²) in [6.45, 7) is 2.11. The summed E-state index contributed by atoms with van der Waals surface area (Å²) in [4.78, 5) is 17.4. The molecule has 0 atom stereocenters. The molecule has 1 fully saturated rings. The topological polar surface area (TPSA) is 51.2 Å². The summed E-state index contributed by atoms with van der Waals surface area (Å²) in [5.41, 5.74) is 0.725. The normalized spacial score (nSPS) is 14.9. The van der Waals surface area contributed by atoms with Crippen LogP contribution in [0.5, 0.6) is 5.75 Å². The Morgan fingerprint density at radius 1 is 1.35 bits per heavy atom. The number of ether oxygens (including phenoxy) is 1. The predicted octanol–water partition coefficient (Wildman–Crippen LogP) is 3.84. The van der Waals surface area contributed by atoms with E-state index in [1.165, 1.54) is 36.3 Å². The van der Waals surface area contributed by atoms with E-state index in [1.54, 1.807) is 12.1 Å². The predicted molar refractivity (Wildman–Crippen MR) is 87.3 cm³/mol. The van der Waals surface area contributed by atoms with E-state index in [0.29, 0.717) is 16.7 Å². The third-order valence-electron chi connectivity index (χ3n) is 3.91. The van der Waals surface area contributed by atoms with E-state index in [-0.39, 0.29) is 18.3 Å². The number of hydrogen-bond donors (Lipinski definition) is 1. The van der Waals surface area contributed by atoms with Gasteiger partial charge in [-0.1, -0.05) is 12.8 Å². The molecule has 1 aromatic heterocycles. The summed E-state index contributed by atoms with van der Waals surface area (Å²) in [5, 5.41) is 3.82. The minimum atomic E-state index is -0.298. The van der Waals surface area contributed by atoms with Crippen LogP contribution in [0.25, 0.3) is 0 Å². The van der Waals surface area contributed by atoms with Gasteiger partial charge in [0.2, 0.25) is 0 Å². The summed E-state index contributed by atoms with van der Waals surface area (Å²) in [6.07, 6.45) is 4.49. The number of nitrogens with one attached hydrogen (secondary N) is 1. The Labute approximate surface area is 138 Å². The number of halogens is 1. The average Bonchev–Trinajstić information content (AvgIpc) is 3.16. The van der Waals surface area contributed by atoms with Crippen molar-refractivity contribution in [2.24, 2.45) is 0 Å². The van der Waals surface area contributed by atoms with E-state index in [2.05, 4.69) is 10.3 Å². The number of aromatic nitrogens is 1. The highest BCUT2D eigenvalue weighted by Gasteiger charge is 2.21. The zero-order valence-corrected chi connectivity index (χ0v) is 13.8. The summed E-state index contributed by atoms with van der Waals surface area (Å²) in [5.74, 6) is 0.240. The molecule has 1 amide bonds. The van der Waals surface area contributed by atoms with Gasteiger partial charge in [-0.2, -0.15) is 0 Å². The van der Waals surface area contributed by atoms with Crippen molar-refractivity contribution in [3.8, 4) is 5.75 Å². The standard InChI is InChI=1S/C17H19FN2O2S/c1-11-16(17(21)20-13-4-2-3-5-13)23-15(19-11)10-22-14-8-6-12(18)7-9-14/h6-9,13H,2-5,10H2,1H3,(H,20,21). The first kappa shape index (κ1) is 15.9. The molecular formula is C17H19FN2O2S. The van der Waals surface area contributed by atoms with Gasteiger partial charge in [0.1, 0.15) is 28.1 Å². The molecule has 1 aliphatic carbocycles. The highest BCUT2D eigenvalue weighted by Crippen LogP contribution is 2.23. The second-order valence-electron chi connectivity index (χ2n) is 5.72. The van der Waals surface area contributed by atoms with Crippen LogP contribution in [0.1, 0.15) is 46.1 Å². The fourth-order valence-corrected chi connectivity index (χ4v) is 3.60. The summed E-state index contributed by atoms with van der Waals surface area (Å²) in [6, 6.07) is 6.14. The average molecular weight is 334 g/mol. The summed E-state index contributed by atoms with van der Waals surface area (Å²) < 4.78 is 18.4. The first-order valence-corrected chi connectivity index (χ1v) is 8.59. The molecule has 1 N–H and O–H groups in total. The maximum absolute atomic E-state index is 12.9. The van der Waals surface area contributed by atoms with Gasteiger partial charge in [0.15, 0.2) is 0 Å². The molecular weight excluding hydrogens is 315 g/mol. The number of carbonyl (C=O) groups excluding carboxylic acids is 1. The molecule has 6 heteroatoms. The smallest absolute Gasteiger partial charge is 0.263 e. The molecule has 1 heterocycles. The molecule has 122 valence electrons. The van der Waals surface area contributed by atoms with Crippen LogP contribution in [0, 0.1) is 12.7 Å². The zero-order chi connectivity index (χ0) is 16.2. The van der Waals surface area contributed by atoms with Crippen LogP contribution in [-0.2, 0) is 6.61 Å². The van der Waals surface area contributed by atoms with Crippen molar-refractivity contribution in [2.75, 3.05) is 0 Å². The number of nitrogens with zero attached hydrogens (tertiary/aromatic N) is 1. The Hall–Kier alpha value is -1.95. The van der Waals surface area contributed by atoms with Gasteiger partial charge in [-0.25, -0.2) is 9.37 Å². The monoisotopic (exact) mass is 334 g/mol. The molecule has 0 aliphatic heterocycles. The lowest BCUT2D eigenvalue weighted by Gasteiger charge is -2.10. The molecule has 1 saturated carbocycles. The first-order valence-electron chi connectivity index (χ1n) is 7.77. The maximum Gasteiger partial charge on any atom is 0.263 e. The molecule has 0 unspecified atom stereocenters. The molecule has 3 rings (SSSR count). The van der Waals surface area contributed by atoms with Crippen molar-refractivity contribution >= 4 is 17.2 Å². The molecule has 2 aromatic rings. The van der Waals surface area contributed by atoms with Crippen LogP contribution in [0.3, 0.4) is 0 Å². The van der Waals surface area contributed by atoms with Crippen molar-refractivity contribution in [3.05, 3.63) is 45.7 Å². The van der Waals surface area contributed by atoms with Gasteiger partial charge in [-0.05, 0) is 44.0 Å². The second-order valence-corrected chi connectivity index (χ2v) is 6.80. The van der Waals surface area contributed by atoms with Crippen molar-refractivity contribution in [1.29, 1.82) is 0 Å². The lowest BCUT2D eigenvalue weighted by atomic mass is 10.2. The highest BCUT2D eigenvalue weighted by molar-refractivity contribution is 7.13. The molecule has 0 bridgehead atoms. The molecule has 0 radical (unpaired) electrons. The van der Waals surface area contributed by atoms with Gasteiger partial charge in [-0.15, -0.1) is 11.3 Å². The minimum absolute atomic E-state index is 0.0417. The molecule has 1 aromatic carbocycles. The van der Waals surface area contributed by atoms with Gasteiger partial charge < -0.3 is 10.1 Å². The SMILES string of the molecule is Cc1nc(COc2ccc(F)cc2)sc1C(=O)NC1CCCC1. The van der Waals surface area contributed by atoms with Crippen LogP contribution < -0.4 is 10.1 Å². The largest absolute Gasteiger partial charge is 0.486 e.